The van der Waals surface area contributed by atoms with Crippen LogP contribution in [0, 0.1) is 0 Å². The molecule has 8 heteroatoms. The maximum atomic E-state index is 11.8. The van der Waals surface area contributed by atoms with E-state index in [0.717, 1.165) is 58.1 Å². The molecule has 2 aromatic heterocycles. The Morgan fingerprint density at radius 2 is 2.06 bits per heavy atom. The summed E-state index contributed by atoms with van der Waals surface area (Å²) in [6.07, 6.45) is 3.99. The number of nitrogens with one attached hydrogen (secondary N) is 2. The molecule has 182 valence electrons. The van der Waals surface area contributed by atoms with Crippen LogP contribution in [0.2, 0.25) is 0 Å². The highest BCUT2D eigenvalue weighted by atomic mass is 16.5. The number of aromatic amines is 1. The third-order valence-electron chi connectivity index (χ3n) is 6.73. The first-order chi connectivity index (χ1) is 17.6. The Morgan fingerprint density at radius 3 is 2.94 bits per heavy atom. The third kappa shape index (κ3) is 4.38. The van der Waals surface area contributed by atoms with Crippen molar-refractivity contribution < 1.29 is 9.47 Å². The van der Waals surface area contributed by atoms with Gasteiger partial charge in [-0.25, -0.2) is 4.98 Å². The van der Waals surface area contributed by atoms with E-state index < -0.39 is 0 Å². The van der Waals surface area contributed by atoms with E-state index in [1.54, 1.807) is 18.5 Å². The third-order valence-corrected chi connectivity index (χ3v) is 6.73. The summed E-state index contributed by atoms with van der Waals surface area (Å²) in [6, 6.07) is 19.8. The van der Waals surface area contributed by atoms with Gasteiger partial charge < -0.3 is 30.4 Å². The fraction of sp³-hybridized carbons (Fsp3) is 0.214. The van der Waals surface area contributed by atoms with Gasteiger partial charge in [-0.05, 0) is 35.9 Å². The summed E-state index contributed by atoms with van der Waals surface area (Å²) >= 11 is 0. The molecule has 4 heterocycles. The van der Waals surface area contributed by atoms with Gasteiger partial charge in [0.1, 0.15) is 23.4 Å². The number of nitrogens with two attached hydrogens (primary N) is 1. The van der Waals surface area contributed by atoms with Crippen LogP contribution in [0.4, 0.5) is 17.2 Å². The number of para-hydroxylation sites is 1. The van der Waals surface area contributed by atoms with E-state index in [4.69, 9.17) is 15.2 Å². The van der Waals surface area contributed by atoms with Crippen molar-refractivity contribution in [1.29, 1.82) is 0 Å². The van der Waals surface area contributed by atoms with Crippen molar-refractivity contribution in [2.24, 2.45) is 0 Å². The molecule has 1 unspecified atom stereocenters. The van der Waals surface area contributed by atoms with Crippen molar-refractivity contribution in [2.45, 2.75) is 19.1 Å². The van der Waals surface area contributed by atoms with Crippen molar-refractivity contribution >= 4 is 17.2 Å². The van der Waals surface area contributed by atoms with Crippen molar-refractivity contribution in [2.75, 3.05) is 35.6 Å². The number of ether oxygens (including phenoxy) is 2. The first-order valence-corrected chi connectivity index (χ1v) is 12.0. The molecule has 36 heavy (non-hydrogen) atoms. The molecule has 1 saturated heterocycles. The van der Waals surface area contributed by atoms with E-state index >= 15 is 0 Å². The summed E-state index contributed by atoms with van der Waals surface area (Å²) in [5.74, 6) is 2.26. The summed E-state index contributed by atoms with van der Waals surface area (Å²) < 4.78 is 12.6. The summed E-state index contributed by atoms with van der Waals surface area (Å²) in [4.78, 5) is 20.8. The molecule has 0 bridgehead atoms. The standard InChI is InChI=1S/C28H27N5O3/c29-28-19(4-2-9-31-28)16-32-21-6-7-24-20(14-21)13-18-3-1-5-23(27(18)36-24)25-17-33(11-12-35-25)22-8-10-30-26(34)15-22/h1-10,14-15,25,32H,11-13,16-17H2,(H2,29,31)(H,30,34). The summed E-state index contributed by atoms with van der Waals surface area (Å²) in [7, 11) is 0. The number of benzene rings is 2. The van der Waals surface area contributed by atoms with Gasteiger partial charge in [0.15, 0.2) is 0 Å². The lowest BCUT2D eigenvalue weighted by molar-refractivity contribution is 0.0384. The van der Waals surface area contributed by atoms with Crippen LogP contribution in [0.5, 0.6) is 11.5 Å². The van der Waals surface area contributed by atoms with Crippen LogP contribution in [0.25, 0.3) is 0 Å². The Hall–Kier alpha value is -4.30. The highest BCUT2D eigenvalue weighted by Gasteiger charge is 2.28. The Balaban J connectivity index is 1.21. The predicted molar refractivity (Wildman–Crippen MR) is 140 cm³/mol. The fourth-order valence-electron chi connectivity index (χ4n) is 4.86. The molecular formula is C28H27N5O3. The number of hydrogen-bond donors (Lipinski definition) is 3. The minimum Gasteiger partial charge on any atom is -0.456 e. The number of morpholine rings is 1. The second kappa shape index (κ2) is 9.39. The van der Waals surface area contributed by atoms with E-state index in [1.807, 2.05) is 30.3 Å². The predicted octanol–water partition coefficient (Wildman–Crippen LogP) is 4.24. The number of nitrogen functional groups attached to an aromatic ring is 1. The van der Waals surface area contributed by atoms with E-state index in [2.05, 4.69) is 44.5 Å². The minimum atomic E-state index is -0.152. The molecule has 2 aromatic carbocycles. The molecule has 8 nitrogen and oxygen atoms in total. The first-order valence-electron chi connectivity index (χ1n) is 12.0. The molecular weight excluding hydrogens is 454 g/mol. The van der Waals surface area contributed by atoms with Gasteiger partial charge in [-0.3, -0.25) is 4.79 Å². The molecule has 2 aliphatic rings. The van der Waals surface area contributed by atoms with Crippen LogP contribution >= 0.6 is 0 Å². The van der Waals surface area contributed by atoms with Gasteiger partial charge in [0, 0.05) is 72.6 Å². The molecule has 1 atom stereocenters. The van der Waals surface area contributed by atoms with Crippen molar-refractivity contribution in [3.05, 3.63) is 106 Å². The molecule has 0 aliphatic carbocycles. The molecule has 0 radical (unpaired) electrons. The molecule has 0 spiro atoms. The lowest BCUT2D eigenvalue weighted by Crippen LogP contribution is -2.39. The average molecular weight is 482 g/mol. The zero-order valence-electron chi connectivity index (χ0n) is 19.7. The Morgan fingerprint density at radius 1 is 1.11 bits per heavy atom. The highest BCUT2D eigenvalue weighted by Crippen LogP contribution is 2.43. The summed E-state index contributed by atoms with van der Waals surface area (Å²) in [5.41, 5.74) is 12.0. The fourth-order valence-corrected chi connectivity index (χ4v) is 4.86. The Labute approximate surface area is 208 Å². The van der Waals surface area contributed by atoms with Gasteiger partial charge in [0.25, 0.3) is 0 Å². The van der Waals surface area contributed by atoms with Crippen LogP contribution in [-0.4, -0.2) is 29.7 Å². The topological polar surface area (TPSA) is 106 Å². The van der Waals surface area contributed by atoms with E-state index in [-0.39, 0.29) is 11.7 Å². The Kier molecular flexibility index (Phi) is 5.79. The average Bonchev–Trinajstić information content (AvgIpc) is 2.91. The smallest absolute Gasteiger partial charge is 0.249 e. The minimum absolute atomic E-state index is 0.106. The largest absolute Gasteiger partial charge is 0.456 e. The number of anilines is 3. The van der Waals surface area contributed by atoms with Gasteiger partial charge in [-0.2, -0.15) is 0 Å². The lowest BCUT2D eigenvalue weighted by Gasteiger charge is -2.36. The quantitative estimate of drug-likeness (QED) is 0.345. The molecule has 1 fully saturated rings. The number of fused-ring (bicyclic) bond motifs is 2. The van der Waals surface area contributed by atoms with Crippen LogP contribution in [-0.2, 0) is 17.7 Å². The summed E-state index contributed by atoms with van der Waals surface area (Å²) in [6.45, 7) is 2.56. The van der Waals surface area contributed by atoms with Crippen LogP contribution in [0.15, 0.2) is 77.9 Å². The highest BCUT2D eigenvalue weighted by molar-refractivity contribution is 5.59. The van der Waals surface area contributed by atoms with Crippen LogP contribution < -0.4 is 26.2 Å². The van der Waals surface area contributed by atoms with E-state index in [0.29, 0.717) is 25.5 Å². The normalized spacial score (nSPS) is 16.6. The van der Waals surface area contributed by atoms with E-state index in [9.17, 15) is 4.79 Å². The zero-order chi connectivity index (χ0) is 24.5. The van der Waals surface area contributed by atoms with Gasteiger partial charge in [-0.15, -0.1) is 0 Å². The first kappa shape index (κ1) is 22.2. The SMILES string of the molecule is Nc1ncccc1CNc1ccc2c(c1)Cc1cccc(C3CN(c4cc[nH]c(=O)c4)CCO3)c1O2. The molecule has 4 aromatic rings. The molecule has 4 N–H and O–H groups in total. The number of aromatic nitrogens is 2. The second-order valence-corrected chi connectivity index (χ2v) is 9.05. The monoisotopic (exact) mass is 481 g/mol. The van der Waals surface area contributed by atoms with Crippen molar-refractivity contribution in [1.82, 2.24) is 9.97 Å². The zero-order valence-corrected chi connectivity index (χ0v) is 19.7. The number of H-pyrrole nitrogens is 1. The maximum Gasteiger partial charge on any atom is 0.249 e. The molecule has 2 aliphatic heterocycles. The lowest BCUT2D eigenvalue weighted by atomic mass is 9.95. The Bertz CT molecular complexity index is 1470. The van der Waals surface area contributed by atoms with Gasteiger partial charge >= 0.3 is 0 Å². The van der Waals surface area contributed by atoms with Crippen molar-refractivity contribution in [3.8, 4) is 11.5 Å². The van der Waals surface area contributed by atoms with Crippen LogP contribution in [0.3, 0.4) is 0 Å². The molecule has 0 amide bonds. The molecule has 6 rings (SSSR count). The number of pyridine rings is 2. The summed E-state index contributed by atoms with van der Waals surface area (Å²) in [5, 5.41) is 3.44. The van der Waals surface area contributed by atoms with Crippen LogP contribution in [0.1, 0.15) is 28.4 Å². The van der Waals surface area contributed by atoms with Gasteiger partial charge in [-0.1, -0.05) is 24.3 Å². The van der Waals surface area contributed by atoms with Gasteiger partial charge in [0.05, 0.1) is 6.61 Å². The van der Waals surface area contributed by atoms with Crippen molar-refractivity contribution in [3.63, 3.8) is 0 Å². The number of hydrogen-bond acceptors (Lipinski definition) is 7. The number of rotatable bonds is 5. The van der Waals surface area contributed by atoms with E-state index in [1.165, 1.54) is 0 Å². The maximum absolute atomic E-state index is 11.8. The molecule has 0 saturated carbocycles. The van der Waals surface area contributed by atoms with Gasteiger partial charge in [0.2, 0.25) is 5.56 Å². The second-order valence-electron chi connectivity index (χ2n) is 9.05. The number of nitrogens with zero attached hydrogens (tertiary/aromatic N) is 2.